The molecule has 0 saturated carbocycles. The Morgan fingerprint density at radius 1 is 0.469 bits per heavy atom. The van der Waals surface area contributed by atoms with Gasteiger partial charge in [-0.15, -0.1) is 0 Å². The van der Waals surface area contributed by atoms with E-state index in [1.807, 2.05) is 14.1 Å². The summed E-state index contributed by atoms with van der Waals surface area (Å²) in [4.78, 5) is 27.8. The van der Waals surface area contributed by atoms with Crippen LogP contribution in [-0.2, 0) is 19.1 Å². The molecule has 0 aromatic carbocycles. The summed E-state index contributed by atoms with van der Waals surface area (Å²) in [5.41, 5.74) is 0. The highest BCUT2D eigenvalue weighted by molar-refractivity contribution is 5.94. The van der Waals surface area contributed by atoms with Crippen LogP contribution in [0, 0.1) is 5.92 Å². The predicted octanol–water partition coefficient (Wildman–Crippen LogP) is 13.1. The van der Waals surface area contributed by atoms with Crippen LogP contribution in [-0.4, -0.2) is 50.7 Å². The number of nitrogens with zero attached hydrogens (tertiary/aromatic N) is 1. The molecule has 1 atom stereocenters. The highest BCUT2D eigenvalue weighted by Gasteiger charge is 2.29. The minimum Gasteiger partial charge on any atom is -0.465 e. The zero-order valence-corrected chi connectivity index (χ0v) is 33.3. The fourth-order valence-electron chi connectivity index (χ4n) is 6.23. The minimum absolute atomic E-state index is 0.393. The second kappa shape index (κ2) is 39.2. The van der Waals surface area contributed by atoms with Crippen molar-refractivity contribution in [2.45, 2.75) is 206 Å². The van der Waals surface area contributed by atoms with Gasteiger partial charge in [-0.05, 0) is 78.4 Å². The van der Waals surface area contributed by atoms with Crippen LogP contribution in [0.25, 0.3) is 0 Å². The van der Waals surface area contributed by atoms with Crippen LogP contribution >= 0.6 is 0 Å². The molecule has 5 nitrogen and oxygen atoms in total. The maximum Gasteiger partial charge on any atom is 0.320 e. The Labute approximate surface area is 305 Å². The number of carbonyl (C=O) groups is 2. The summed E-state index contributed by atoms with van der Waals surface area (Å²) in [5.74, 6) is -1.61. The summed E-state index contributed by atoms with van der Waals surface area (Å²) in [6.07, 6.45) is 45.7. The van der Waals surface area contributed by atoms with Gasteiger partial charge in [-0.1, -0.05) is 173 Å². The van der Waals surface area contributed by atoms with Crippen LogP contribution in [0.4, 0.5) is 0 Å². The van der Waals surface area contributed by atoms with Gasteiger partial charge in [0.2, 0.25) is 0 Å². The lowest BCUT2D eigenvalue weighted by Gasteiger charge is -2.17. The molecule has 0 fully saturated rings. The standard InChI is InChI=1S/C44H83NO4/c1-5-7-9-11-13-15-17-19-21-23-25-27-29-31-33-35-40-48-43(46)42(38-37-39-45(3)4)44(47)49-41-36-34-32-30-28-26-24-22-20-18-16-14-12-10-8-6-2/h13,15,19,21,42H,5-12,14,16-18,20,22-41H2,1-4H3. The van der Waals surface area contributed by atoms with Gasteiger partial charge in [0.1, 0.15) is 0 Å². The van der Waals surface area contributed by atoms with E-state index in [0.717, 1.165) is 57.9 Å². The van der Waals surface area contributed by atoms with Crippen LogP contribution in [0.1, 0.15) is 206 Å². The highest BCUT2D eigenvalue weighted by Crippen LogP contribution is 2.16. The molecule has 0 spiro atoms. The van der Waals surface area contributed by atoms with E-state index >= 15 is 0 Å². The number of allylic oxidation sites excluding steroid dienone is 4. The lowest BCUT2D eigenvalue weighted by molar-refractivity contribution is -0.162. The molecule has 0 rings (SSSR count). The average molecular weight is 690 g/mol. The third-order valence-electron chi connectivity index (χ3n) is 9.50. The molecule has 0 heterocycles. The fourth-order valence-corrected chi connectivity index (χ4v) is 6.23. The molecule has 0 aliphatic heterocycles. The second-order valence-electron chi connectivity index (χ2n) is 14.7. The molecule has 0 aliphatic rings. The monoisotopic (exact) mass is 690 g/mol. The van der Waals surface area contributed by atoms with E-state index < -0.39 is 17.9 Å². The molecule has 1 unspecified atom stereocenters. The van der Waals surface area contributed by atoms with Gasteiger partial charge in [0.15, 0.2) is 5.92 Å². The topological polar surface area (TPSA) is 55.8 Å². The van der Waals surface area contributed by atoms with Crippen molar-refractivity contribution in [3.8, 4) is 0 Å². The van der Waals surface area contributed by atoms with E-state index in [2.05, 4.69) is 43.1 Å². The van der Waals surface area contributed by atoms with Crippen molar-refractivity contribution in [3.05, 3.63) is 24.3 Å². The summed E-state index contributed by atoms with van der Waals surface area (Å²) < 4.78 is 11.1. The Balaban J connectivity index is 3.92. The van der Waals surface area contributed by atoms with Gasteiger partial charge in [0, 0.05) is 0 Å². The van der Waals surface area contributed by atoms with Gasteiger partial charge in [-0.25, -0.2) is 0 Å². The largest absolute Gasteiger partial charge is 0.465 e. The number of rotatable bonds is 38. The Hall–Kier alpha value is -1.62. The molecule has 0 saturated heterocycles. The molecule has 5 heteroatoms. The summed E-state index contributed by atoms with van der Waals surface area (Å²) in [7, 11) is 4.02. The third kappa shape index (κ3) is 36.0. The van der Waals surface area contributed by atoms with Gasteiger partial charge in [-0.2, -0.15) is 0 Å². The molecular weight excluding hydrogens is 606 g/mol. The summed E-state index contributed by atoms with van der Waals surface area (Å²) >= 11 is 0. The van der Waals surface area contributed by atoms with E-state index in [1.54, 1.807) is 0 Å². The predicted molar refractivity (Wildman–Crippen MR) is 212 cm³/mol. The Bertz CT molecular complexity index is 762. The van der Waals surface area contributed by atoms with Crippen molar-refractivity contribution in [3.63, 3.8) is 0 Å². The van der Waals surface area contributed by atoms with E-state index in [9.17, 15) is 9.59 Å². The van der Waals surface area contributed by atoms with E-state index in [0.29, 0.717) is 19.6 Å². The number of ether oxygens (including phenoxy) is 2. The highest BCUT2D eigenvalue weighted by atomic mass is 16.6. The Kier molecular flexibility index (Phi) is 37.9. The van der Waals surface area contributed by atoms with Crippen molar-refractivity contribution in [2.24, 2.45) is 5.92 Å². The van der Waals surface area contributed by atoms with Crippen LogP contribution < -0.4 is 0 Å². The second-order valence-corrected chi connectivity index (χ2v) is 14.7. The maximum absolute atomic E-state index is 12.9. The number of hydrogen-bond acceptors (Lipinski definition) is 5. The summed E-state index contributed by atoms with van der Waals surface area (Å²) in [5, 5.41) is 0. The lowest BCUT2D eigenvalue weighted by atomic mass is 10.0. The average Bonchev–Trinajstić information content (AvgIpc) is 3.09. The molecule has 0 radical (unpaired) electrons. The van der Waals surface area contributed by atoms with Crippen molar-refractivity contribution < 1.29 is 19.1 Å². The number of esters is 2. The first-order valence-electron chi connectivity index (χ1n) is 21.3. The normalized spacial score (nSPS) is 12.4. The first kappa shape index (κ1) is 47.4. The SMILES string of the molecule is CCCCCC=CCC=CCCCCCCCCOC(=O)C(CCCN(C)C)C(=O)OCCCCCCCCCCCCCCCCCC. The molecule has 288 valence electrons. The first-order chi connectivity index (χ1) is 24.0. The minimum atomic E-state index is -0.800. The fraction of sp³-hybridized carbons (Fsp3) is 0.864. The molecule has 0 aromatic rings. The molecule has 0 bridgehead atoms. The van der Waals surface area contributed by atoms with E-state index in [4.69, 9.17) is 9.47 Å². The van der Waals surface area contributed by atoms with Crippen molar-refractivity contribution in [1.82, 2.24) is 4.90 Å². The lowest BCUT2D eigenvalue weighted by Crippen LogP contribution is -2.29. The van der Waals surface area contributed by atoms with Gasteiger partial charge in [-0.3, -0.25) is 9.59 Å². The third-order valence-corrected chi connectivity index (χ3v) is 9.50. The first-order valence-corrected chi connectivity index (χ1v) is 21.3. The Morgan fingerprint density at radius 3 is 1.22 bits per heavy atom. The molecule has 49 heavy (non-hydrogen) atoms. The van der Waals surface area contributed by atoms with Crippen LogP contribution in [0.2, 0.25) is 0 Å². The van der Waals surface area contributed by atoms with Gasteiger partial charge in [0.25, 0.3) is 0 Å². The van der Waals surface area contributed by atoms with Gasteiger partial charge < -0.3 is 14.4 Å². The summed E-state index contributed by atoms with van der Waals surface area (Å²) in [6.45, 7) is 6.16. The quantitative estimate of drug-likeness (QED) is 0.0279. The van der Waals surface area contributed by atoms with Crippen molar-refractivity contribution in [2.75, 3.05) is 33.9 Å². The van der Waals surface area contributed by atoms with Crippen LogP contribution in [0.15, 0.2) is 24.3 Å². The summed E-state index contributed by atoms with van der Waals surface area (Å²) in [6, 6.07) is 0. The molecular formula is C44H83NO4. The number of unbranched alkanes of at least 4 members (excludes halogenated alkanes) is 24. The maximum atomic E-state index is 12.9. The zero-order valence-electron chi connectivity index (χ0n) is 33.3. The van der Waals surface area contributed by atoms with E-state index in [-0.39, 0.29) is 0 Å². The van der Waals surface area contributed by atoms with Crippen molar-refractivity contribution >= 4 is 11.9 Å². The Morgan fingerprint density at radius 2 is 0.816 bits per heavy atom. The molecule has 0 aromatic heterocycles. The van der Waals surface area contributed by atoms with Crippen LogP contribution in [0.3, 0.4) is 0 Å². The molecule has 0 N–H and O–H groups in total. The smallest absolute Gasteiger partial charge is 0.320 e. The molecule has 0 aliphatic carbocycles. The van der Waals surface area contributed by atoms with Crippen LogP contribution in [0.5, 0.6) is 0 Å². The zero-order chi connectivity index (χ0) is 35.9. The molecule has 0 amide bonds. The van der Waals surface area contributed by atoms with Crippen molar-refractivity contribution in [1.29, 1.82) is 0 Å². The van der Waals surface area contributed by atoms with Gasteiger partial charge in [0.05, 0.1) is 13.2 Å². The number of hydrogen-bond donors (Lipinski definition) is 0. The van der Waals surface area contributed by atoms with E-state index in [1.165, 1.54) is 135 Å². The van der Waals surface area contributed by atoms with Gasteiger partial charge >= 0.3 is 11.9 Å². The number of carbonyl (C=O) groups excluding carboxylic acids is 2.